The second-order valence-electron chi connectivity index (χ2n) is 5.95. The number of urea groups is 1. The van der Waals surface area contributed by atoms with Crippen LogP contribution in [0.4, 0.5) is 4.79 Å². The average Bonchev–Trinajstić information content (AvgIpc) is 2.96. The Bertz CT molecular complexity index is 580. The predicted octanol–water partition coefficient (Wildman–Crippen LogP) is 1.96. The van der Waals surface area contributed by atoms with Crippen molar-refractivity contribution in [1.82, 2.24) is 15.5 Å². The molecular formula is C16H24BrClN4O2. The standard InChI is InChI=1S/C16H23BrN4O2.ClH/c1-3-19-15(23)21-9-8-13(10-21)20-14(22)16(2,18)11-4-6-12(17)7-5-11;/h4-7,13H,3,8-10,18H2,1-2H3,(H,19,23)(H,20,22);1H. The molecule has 1 aromatic carbocycles. The van der Waals surface area contributed by atoms with Crippen LogP contribution in [-0.4, -0.2) is 42.5 Å². The highest BCUT2D eigenvalue weighted by Crippen LogP contribution is 2.21. The molecule has 1 aliphatic heterocycles. The minimum Gasteiger partial charge on any atom is -0.350 e. The molecule has 2 unspecified atom stereocenters. The first-order valence-corrected chi connectivity index (χ1v) is 8.52. The van der Waals surface area contributed by atoms with Crippen molar-refractivity contribution < 1.29 is 9.59 Å². The van der Waals surface area contributed by atoms with Gasteiger partial charge in [-0.2, -0.15) is 0 Å². The van der Waals surface area contributed by atoms with Gasteiger partial charge in [0.1, 0.15) is 5.54 Å². The van der Waals surface area contributed by atoms with Gasteiger partial charge in [0.2, 0.25) is 5.91 Å². The van der Waals surface area contributed by atoms with Gasteiger partial charge in [0.05, 0.1) is 0 Å². The van der Waals surface area contributed by atoms with Gasteiger partial charge >= 0.3 is 6.03 Å². The number of carbonyl (C=O) groups excluding carboxylic acids is 2. The van der Waals surface area contributed by atoms with Gasteiger partial charge < -0.3 is 21.3 Å². The summed E-state index contributed by atoms with van der Waals surface area (Å²) in [6.45, 7) is 5.31. The van der Waals surface area contributed by atoms with E-state index in [0.717, 1.165) is 16.5 Å². The summed E-state index contributed by atoms with van der Waals surface area (Å²) in [6.07, 6.45) is 0.735. The van der Waals surface area contributed by atoms with E-state index in [0.29, 0.717) is 19.6 Å². The van der Waals surface area contributed by atoms with E-state index < -0.39 is 5.54 Å². The van der Waals surface area contributed by atoms with E-state index >= 15 is 0 Å². The van der Waals surface area contributed by atoms with E-state index in [1.807, 2.05) is 31.2 Å². The van der Waals surface area contributed by atoms with Crippen LogP contribution in [-0.2, 0) is 10.3 Å². The van der Waals surface area contributed by atoms with E-state index in [4.69, 9.17) is 5.73 Å². The lowest BCUT2D eigenvalue weighted by molar-refractivity contribution is -0.126. The molecule has 6 nitrogen and oxygen atoms in total. The molecule has 0 radical (unpaired) electrons. The zero-order valence-corrected chi connectivity index (χ0v) is 16.2. The van der Waals surface area contributed by atoms with Crippen LogP contribution in [0, 0.1) is 0 Å². The van der Waals surface area contributed by atoms with E-state index in [9.17, 15) is 9.59 Å². The number of benzene rings is 1. The molecule has 1 aliphatic rings. The molecule has 4 N–H and O–H groups in total. The van der Waals surface area contributed by atoms with E-state index in [1.54, 1.807) is 11.8 Å². The molecule has 1 fully saturated rings. The highest BCUT2D eigenvalue weighted by molar-refractivity contribution is 9.10. The van der Waals surface area contributed by atoms with Gasteiger partial charge in [-0.15, -0.1) is 12.4 Å². The van der Waals surface area contributed by atoms with Crippen molar-refractivity contribution in [3.05, 3.63) is 34.3 Å². The van der Waals surface area contributed by atoms with Crippen LogP contribution in [0.25, 0.3) is 0 Å². The normalized spacial score (nSPS) is 19.2. The van der Waals surface area contributed by atoms with Gasteiger partial charge in [0.15, 0.2) is 0 Å². The number of nitrogens with zero attached hydrogens (tertiary/aromatic N) is 1. The minimum absolute atomic E-state index is 0. The second-order valence-corrected chi connectivity index (χ2v) is 6.87. The molecule has 1 saturated heterocycles. The number of hydrogen-bond acceptors (Lipinski definition) is 3. The van der Waals surface area contributed by atoms with Crippen molar-refractivity contribution in [3.8, 4) is 0 Å². The van der Waals surface area contributed by atoms with Crippen LogP contribution in [0.3, 0.4) is 0 Å². The third-order valence-corrected chi connectivity index (χ3v) is 4.58. The number of halogens is 2. The van der Waals surface area contributed by atoms with Crippen molar-refractivity contribution in [2.24, 2.45) is 5.73 Å². The summed E-state index contributed by atoms with van der Waals surface area (Å²) in [6, 6.07) is 7.23. The maximum atomic E-state index is 12.5. The van der Waals surface area contributed by atoms with Crippen LogP contribution >= 0.6 is 28.3 Å². The molecule has 0 spiro atoms. The van der Waals surface area contributed by atoms with Crippen molar-refractivity contribution in [1.29, 1.82) is 0 Å². The Morgan fingerprint density at radius 1 is 1.38 bits per heavy atom. The van der Waals surface area contributed by atoms with Gasteiger partial charge in [-0.3, -0.25) is 4.79 Å². The van der Waals surface area contributed by atoms with Gasteiger partial charge in [0, 0.05) is 30.1 Å². The Hall–Kier alpha value is -1.31. The number of nitrogens with two attached hydrogens (primary N) is 1. The van der Waals surface area contributed by atoms with Crippen LogP contribution in [0.2, 0.25) is 0 Å². The molecule has 0 saturated carbocycles. The van der Waals surface area contributed by atoms with Crippen LogP contribution in [0.1, 0.15) is 25.8 Å². The molecule has 0 bridgehead atoms. The van der Waals surface area contributed by atoms with Gasteiger partial charge in [-0.25, -0.2) is 4.79 Å². The maximum absolute atomic E-state index is 12.5. The molecular weight excluding hydrogens is 396 g/mol. The molecule has 8 heteroatoms. The molecule has 3 amide bonds. The van der Waals surface area contributed by atoms with Gasteiger partial charge in [0.25, 0.3) is 0 Å². The molecule has 2 atom stereocenters. The number of hydrogen-bond donors (Lipinski definition) is 3. The highest BCUT2D eigenvalue weighted by Gasteiger charge is 2.34. The average molecular weight is 420 g/mol. The molecule has 24 heavy (non-hydrogen) atoms. The summed E-state index contributed by atoms with van der Waals surface area (Å²) in [5.41, 5.74) is 5.87. The van der Waals surface area contributed by atoms with Crippen molar-refractivity contribution >= 4 is 40.3 Å². The van der Waals surface area contributed by atoms with Crippen molar-refractivity contribution in [2.75, 3.05) is 19.6 Å². The fourth-order valence-corrected chi connectivity index (χ4v) is 2.85. The minimum atomic E-state index is -1.11. The first kappa shape index (κ1) is 20.7. The van der Waals surface area contributed by atoms with Gasteiger partial charge in [-0.1, -0.05) is 28.1 Å². The van der Waals surface area contributed by atoms with Crippen LogP contribution < -0.4 is 16.4 Å². The van der Waals surface area contributed by atoms with Gasteiger partial charge in [-0.05, 0) is 38.0 Å². The summed E-state index contributed by atoms with van der Waals surface area (Å²) in [4.78, 5) is 26.1. The molecule has 134 valence electrons. The number of rotatable bonds is 4. The number of carbonyl (C=O) groups is 2. The molecule has 1 heterocycles. The predicted molar refractivity (Wildman–Crippen MR) is 100 cm³/mol. The maximum Gasteiger partial charge on any atom is 0.317 e. The molecule has 0 aromatic heterocycles. The summed E-state index contributed by atoms with van der Waals surface area (Å²) in [7, 11) is 0. The third kappa shape index (κ3) is 4.84. The first-order chi connectivity index (χ1) is 10.8. The summed E-state index contributed by atoms with van der Waals surface area (Å²) in [5.74, 6) is -0.234. The Morgan fingerprint density at radius 3 is 2.58 bits per heavy atom. The largest absolute Gasteiger partial charge is 0.350 e. The lowest BCUT2D eigenvalue weighted by Crippen LogP contribution is -2.52. The van der Waals surface area contributed by atoms with E-state index in [-0.39, 0.29) is 30.4 Å². The number of likely N-dealkylation sites (tertiary alicyclic amines) is 1. The zero-order chi connectivity index (χ0) is 17.0. The SMILES string of the molecule is CCNC(=O)N1CCC(NC(=O)C(C)(N)c2ccc(Br)cc2)C1.Cl. The fourth-order valence-electron chi connectivity index (χ4n) is 2.59. The van der Waals surface area contributed by atoms with E-state index in [1.165, 1.54) is 0 Å². The lowest BCUT2D eigenvalue weighted by Gasteiger charge is -2.26. The van der Waals surface area contributed by atoms with Crippen LogP contribution in [0.15, 0.2) is 28.7 Å². The summed E-state index contributed by atoms with van der Waals surface area (Å²) >= 11 is 3.37. The Labute approximate surface area is 157 Å². The third-order valence-electron chi connectivity index (χ3n) is 4.05. The Morgan fingerprint density at radius 2 is 2.00 bits per heavy atom. The quantitative estimate of drug-likeness (QED) is 0.697. The van der Waals surface area contributed by atoms with Crippen molar-refractivity contribution in [3.63, 3.8) is 0 Å². The summed E-state index contributed by atoms with van der Waals surface area (Å²) in [5, 5.41) is 5.73. The topological polar surface area (TPSA) is 87.5 Å². The smallest absolute Gasteiger partial charge is 0.317 e. The number of amides is 3. The molecule has 2 rings (SSSR count). The number of nitrogens with one attached hydrogen (secondary N) is 2. The van der Waals surface area contributed by atoms with E-state index in [2.05, 4.69) is 26.6 Å². The Kier molecular flexibility index (Phi) is 7.51. The zero-order valence-electron chi connectivity index (χ0n) is 13.8. The summed E-state index contributed by atoms with van der Waals surface area (Å²) < 4.78 is 0.936. The van der Waals surface area contributed by atoms with Crippen LogP contribution in [0.5, 0.6) is 0 Å². The monoisotopic (exact) mass is 418 g/mol. The first-order valence-electron chi connectivity index (χ1n) is 7.73. The second kappa shape index (κ2) is 8.69. The fraction of sp³-hybridized carbons (Fsp3) is 0.500. The molecule has 1 aromatic rings. The lowest BCUT2D eigenvalue weighted by atomic mass is 9.92. The Balaban J connectivity index is 0.00000288. The highest BCUT2D eigenvalue weighted by atomic mass is 79.9. The van der Waals surface area contributed by atoms with Crippen molar-refractivity contribution in [2.45, 2.75) is 31.8 Å². The molecule has 0 aliphatic carbocycles.